The number of nitrogens with one attached hydrogen (secondary N) is 1. The van der Waals surface area contributed by atoms with Crippen LogP contribution in [0.1, 0.15) is 21.5 Å². The molecule has 2 nitrogen and oxygen atoms in total. The first-order chi connectivity index (χ1) is 14.3. The van der Waals surface area contributed by atoms with Gasteiger partial charge in [0.25, 0.3) is 5.91 Å². The molecule has 1 N–H and O–H groups in total. The highest BCUT2D eigenvalue weighted by molar-refractivity contribution is 6.07. The molecule has 0 spiro atoms. The number of rotatable bonds is 6. The summed E-state index contributed by atoms with van der Waals surface area (Å²) < 4.78 is 0. The summed E-state index contributed by atoms with van der Waals surface area (Å²) in [6, 6.07) is 36.3. The normalized spacial score (nSPS) is 10.5. The van der Waals surface area contributed by atoms with Crippen molar-refractivity contribution in [3.05, 3.63) is 126 Å². The highest BCUT2D eigenvalue weighted by Gasteiger charge is 2.13. The molecule has 0 aliphatic rings. The molecule has 0 aromatic heterocycles. The van der Waals surface area contributed by atoms with Crippen LogP contribution in [0.25, 0.3) is 11.1 Å². The van der Waals surface area contributed by atoms with Crippen LogP contribution in [0, 0.1) is 0 Å². The molecule has 0 radical (unpaired) electrons. The fourth-order valence-corrected chi connectivity index (χ4v) is 3.53. The molecular weight excluding hydrogens is 354 g/mol. The molecule has 0 saturated heterocycles. The Labute approximate surface area is 171 Å². The van der Waals surface area contributed by atoms with Gasteiger partial charge in [0.2, 0.25) is 0 Å². The second kappa shape index (κ2) is 9.03. The summed E-state index contributed by atoms with van der Waals surface area (Å²) in [7, 11) is 0. The summed E-state index contributed by atoms with van der Waals surface area (Å²) in [5, 5.41) is 3.12. The molecule has 1 amide bonds. The summed E-state index contributed by atoms with van der Waals surface area (Å²) >= 11 is 0. The first-order valence-corrected chi connectivity index (χ1v) is 9.89. The third-order valence-corrected chi connectivity index (χ3v) is 5.05. The Morgan fingerprint density at radius 1 is 0.621 bits per heavy atom. The van der Waals surface area contributed by atoms with Crippen LogP contribution >= 0.6 is 0 Å². The van der Waals surface area contributed by atoms with E-state index in [0.29, 0.717) is 0 Å². The fraction of sp³-hybridized carbons (Fsp3) is 0.0741. The van der Waals surface area contributed by atoms with Crippen LogP contribution in [-0.4, -0.2) is 5.91 Å². The number of hydrogen-bond acceptors (Lipinski definition) is 1. The van der Waals surface area contributed by atoms with E-state index in [1.54, 1.807) is 0 Å². The van der Waals surface area contributed by atoms with Gasteiger partial charge in [-0.15, -0.1) is 0 Å². The van der Waals surface area contributed by atoms with E-state index in [4.69, 9.17) is 0 Å². The quantitative estimate of drug-likeness (QED) is 0.414. The topological polar surface area (TPSA) is 29.1 Å². The van der Waals surface area contributed by atoms with Crippen LogP contribution in [0.15, 0.2) is 109 Å². The van der Waals surface area contributed by atoms with E-state index in [9.17, 15) is 4.79 Å². The van der Waals surface area contributed by atoms with E-state index in [0.717, 1.165) is 40.8 Å². The predicted molar refractivity (Wildman–Crippen MR) is 120 cm³/mol. The molecule has 0 bridgehead atoms. The van der Waals surface area contributed by atoms with E-state index in [1.165, 1.54) is 5.56 Å². The lowest BCUT2D eigenvalue weighted by molar-refractivity contribution is 0.102. The maximum atomic E-state index is 13.1. The van der Waals surface area contributed by atoms with Crippen LogP contribution < -0.4 is 5.32 Å². The van der Waals surface area contributed by atoms with Gasteiger partial charge in [0.05, 0.1) is 0 Å². The van der Waals surface area contributed by atoms with Crippen molar-refractivity contribution >= 4 is 11.6 Å². The van der Waals surface area contributed by atoms with Gasteiger partial charge in [-0.05, 0) is 41.7 Å². The average molecular weight is 377 g/mol. The van der Waals surface area contributed by atoms with E-state index in [1.807, 2.05) is 72.8 Å². The molecule has 29 heavy (non-hydrogen) atoms. The number of carbonyl (C=O) groups excluding carboxylic acids is 1. The fourth-order valence-electron chi connectivity index (χ4n) is 3.53. The molecule has 0 unspecified atom stereocenters. The lowest BCUT2D eigenvalue weighted by Gasteiger charge is -2.13. The van der Waals surface area contributed by atoms with Gasteiger partial charge in [-0.2, -0.15) is 0 Å². The molecule has 0 fully saturated rings. The lowest BCUT2D eigenvalue weighted by atomic mass is 9.99. The molecule has 0 heterocycles. The molecule has 0 aliphatic carbocycles. The van der Waals surface area contributed by atoms with E-state index >= 15 is 0 Å². The zero-order valence-corrected chi connectivity index (χ0v) is 16.2. The molecule has 0 atom stereocenters. The van der Waals surface area contributed by atoms with Gasteiger partial charge in [-0.3, -0.25) is 4.79 Å². The summed E-state index contributed by atoms with van der Waals surface area (Å²) in [5.41, 5.74) is 5.99. The Kier molecular flexibility index (Phi) is 5.82. The highest BCUT2D eigenvalue weighted by atomic mass is 16.1. The smallest absolute Gasteiger partial charge is 0.255 e. The first-order valence-electron chi connectivity index (χ1n) is 9.89. The number of amides is 1. The highest BCUT2D eigenvalue weighted by Crippen LogP contribution is 2.28. The minimum atomic E-state index is -0.0722. The van der Waals surface area contributed by atoms with Crippen LogP contribution in [0.2, 0.25) is 0 Å². The first kappa shape index (κ1) is 18.7. The Hall–Kier alpha value is -3.65. The largest absolute Gasteiger partial charge is 0.321 e. The summed E-state index contributed by atoms with van der Waals surface area (Å²) in [4.78, 5) is 13.1. The molecule has 2 heteroatoms. The molecule has 0 aliphatic heterocycles. The Morgan fingerprint density at radius 2 is 1.24 bits per heavy atom. The van der Waals surface area contributed by atoms with Crippen molar-refractivity contribution in [1.29, 1.82) is 0 Å². The monoisotopic (exact) mass is 377 g/mol. The number of benzene rings is 4. The van der Waals surface area contributed by atoms with Crippen molar-refractivity contribution in [2.45, 2.75) is 12.8 Å². The Morgan fingerprint density at radius 3 is 2.03 bits per heavy atom. The number of carbonyl (C=O) groups is 1. The van der Waals surface area contributed by atoms with Crippen molar-refractivity contribution in [3.8, 4) is 11.1 Å². The summed E-state index contributed by atoms with van der Waals surface area (Å²) in [6.45, 7) is 0. The number of anilines is 1. The van der Waals surface area contributed by atoms with Crippen LogP contribution in [0.3, 0.4) is 0 Å². The molecule has 0 saturated carbocycles. The second-order valence-corrected chi connectivity index (χ2v) is 7.01. The SMILES string of the molecule is O=C(Nc1ccccc1-c1ccccc1)c1ccccc1CCc1ccccc1. The Balaban J connectivity index is 1.56. The average Bonchev–Trinajstić information content (AvgIpc) is 2.79. The number of aryl methyl sites for hydroxylation is 2. The minimum Gasteiger partial charge on any atom is -0.321 e. The number of hydrogen-bond donors (Lipinski definition) is 1. The van der Waals surface area contributed by atoms with Crippen molar-refractivity contribution in [1.82, 2.24) is 0 Å². The molecular formula is C27H23NO. The van der Waals surface area contributed by atoms with Gasteiger partial charge in [0.15, 0.2) is 0 Å². The third kappa shape index (κ3) is 4.61. The zero-order valence-electron chi connectivity index (χ0n) is 16.2. The van der Waals surface area contributed by atoms with Crippen molar-refractivity contribution < 1.29 is 4.79 Å². The summed E-state index contributed by atoms with van der Waals surface area (Å²) in [6.07, 6.45) is 1.74. The van der Waals surface area contributed by atoms with Crippen molar-refractivity contribution in [2.75, 3.05) is 5.32 Å². The maximum absolute atomic E-state index is 13.1. The van der Waals surface area contributed by atoms with Crippen LogP contribution in [-0.2, 0) is 12.8 Å². The Bertz CT molecular complexity index is 1090. The molecule has 4 aromatic rings. The molecule has 142 valence electrons. The molecule has 4 aromatic carbocycles. The van der Waals surface area contributed by atoms with Crippen molar-refractivity contribution in [2.24, 2.45) is 0 Å². The maximum Gasteiger partial charge on any atom is 0.255 e. The van der Waals surface area contributed by atoms with E-state index < -0.39 is 0 Å². The second-order valence-electron chi connectivity index (χ2n) is 7.01. The van der Waals surface area contributed by atoms with Crippen LogP contribution in [0.5, 0.6) is 0 Å². The minimum absolute atomic E-state index is 0.0722. The lowest BCUT2D eigenvalue weighted by Crippen LogP contribution is -2.15. The van der Waals surface area contributed by atoms with Gasteiger partial charge in [0, 0.05) is 16.8 Å². The van der Waals surface area contributed by atoms with Gasteiger partial charge in [0.1, 0.15) is 0 Å². The third-order valence-electron chi connectivity index (χ3n) is 5.05. The zero-order chi connectivity index (χ0) is 19.9. The van der Waals surface area contributed by atoms with Gasteiger partial charge in [-0.1, -0.05) is 97.1 Å². The van der Waals surface area contributed by atoms with Gasteiger partial charge < -0.3 is 5.32 Å². The van der Waals surface area contributed by atoms with Crippen molar-refractivity contribution in [3.63, 3.8) is 0 Å². The van der Waals surface area contributed by atoms with Gasteiger partial charge >= 0.3 is 0 Å². The van der Waals surface area contributed by atoms with Gasteiger partial charge in [-0.25, -0.2) is 0 Å². The summed E-state index contributed by atoms with van der Waals surface area (Å²) in [5.74, 6) is -0.0722. The van der Waals surface area contributed by atoms with Crippen LogP contribution in [0.4, 0.5) is 5.69 Å². The molecule has 4 rings (SSSR count). The van der Waals surface area contributed by atoms with E-state index in [2.05, 4.69) is 41.7 Å². The standard InChI is InChI=1S/C27H23NO/c29-27(28-26-18-10-9-16-24(26)22-13-5-2-6-14-22)25-17-8-7-15-23(25)20-19-21-11-3-1-4-12-21/h1-18H,19-20H2,(H,28,29). The predicted octanol–water partition coefficient (Wildman–Crippen LogP) is 6.39. The number of para-hydroxylation sites is 1. The van der Waals surface area contributed by atoms with E-state index in [-0.39, 0.29) is 5.91 Å².